The van der Waals surface area contributed by atoms with Crippen molar-refractivity contribution in [3.05, 3.63) is 45.2 Å². The zero-order valence-corrected chi connectivity index (χ0v) is 12.0. The summed E-state index contributed by atoms with van der Waals surface area (Å²) in [5.41, 5.74) is -0.128. The van der Waals surface area contributed by atoms with Crippen LogP contribution in [-0.2, 0) is 0 Å². The van der Waals surface area contributed by atoms with Gasteiger partial charge in [-0.1, -0.05) is 15.9 Å². The number of carbonyl (C=O) groups is 1. The number of nitrogens with zero attached hydrogens (tertiary/aromatic N) is 2. The van der Waals surface area contributed by atoms with Crippen molar-refractivity contribution in [3.8, 4) is 11.6 Å². The first-order valence-electron chi connectivity index (χ1n) is 4.74. The summed E-state index contributed by atoms with van der Waals surface area (Å²) in [6, 6.07) is 5.40. The Bertz CT molecular complexity index is 587. The Hall–Kier alpha value is -1.47. The van der Waals surface area contributed by atoms with Gasteiger partial charge in [-0.2, -0.15) is 0 Å². The van der Waals surface area contributed by atoms with Crippen molar-refractivity contribution in [2.75, 3.05) is 0 Å². The number of ether oxygens (including phenoxy) is 1. The van der Waals surface area contributed by atoms with Crippen LogP contribution in [0.25, 0.3) is 0 Å². The van der Waals surface area contributed by atoms with E-state index in [-0.39, 0.29) is 11.6 Å². The van der Waals surface area contributed by atoms with Crippen molar-refractivity contribution >= 4 is 37.8 Å². The summed E-state index contributed by atoms with van der Waals surface area (Å²) < 4.78 is 7.13. The zero-order valence-electron chi connectivity index (χ0n) is 8.80. The van der Waals surface area contributed by atoms with Crippen LogP contribution in [0.4, 0.5) is 0 Å². The second-order valence-electron chi connectivity index (χ2n) is 3.22. The maximum atomic E-state index is 10.6. The Balaban J connectivity index is 2.21. The molecule has 0 saturated heterocycles. The maximum Gasteiger partial charge on any atom is 0.356 e. The minimum atomic E-state index is -1.13. The van der Waals surface area contributed by atoms with Gasteiger partial charge >= 0.3 is 5.97 Å². The lowest BCUT2D eigenvalue weighted by molar-refractivity contribution is 0.0690. The minimum absolute atomic E-state index is 0.128. The molecule has 1 aromatic carbocycles. The van der Waals surface area contributed by atoms with Gasteiger partial charge < -0.3 is 9.84 Å². The summed E-state index contributed by atoms with van der Waals surface area (Å²) in [5.74, 6) is -0.336. The van der Waals surface area contributed by atoms with E-state index >= 15 is 0 Å². The SMILES string of the molecule is O=C(O)c1cnc(Oc2ccc(Br)cc2Br)cn1. The van der Waals surface area contributed by atoms with Crippen molar-refractivity contribution in [2.45, 2.75) is 0 Å². The number of hydrogen-bond donors (Lipinski definition) is 1. The molecule has 0 fully saturated rings. The molecule has 92 valence electrons. The third-order valence-electron chi connectivity index (χ3n) is 1.96. The van der Waals surface area contributed by atoms with Gasteiger partial charge in [0.15, 0.2) is 5.69 Å². The van der Waals surface area contributed by atoms with E-state index in [2.05, 4.69) is 41.8 Å². The van der Waals surface area contributed by atoms with Gasteiger partial charge in [0.05, 0.1) is 16.9 Å². The Morgan fingerprint density at radius 1 is 1.22 bits per heavy atom. The van der Waals surface area contributed by atoms with E-state index in [1.54, 1.807) is 6.07 Å². The van der Waals surface area contributed by atoms with Crippen LogP contribution in [0, 0.1) is 0 Å². The van der Waals surface area contributed by atoms with E-state index in [4.69, 9.17) is 9.84 Å². The molecule has 0 amide bonds. The highest BCUT2D eigenvalue weighted by Gasteiger charge is 2.07. The Labute approximate surface area is 119 Å². The number of carboxylic acids is 1. The highest BCUT2D eigenvalue weighted by molar-refractivity contribution is 9.11. The summed E-state index contributed by atoms with van der Waals surface area (Å²) in [7, 11) is 0. The summed E-state index contributed by atoms with van der Waals surface area (Å²) in [6.07, 6.45) is 2.41. The summed E-state index contributed by atoms with van der Waals surface area (Å²) in [4.78, 5) is 18.2. The Kier molecular flexibility index (Phi) is 3.93. The van der Waals surface area contributed by atoms with Crippen LogP contribution in [0.1, 0.15) is 10.5 Å². The average Bonchev–Trinajstić information content (AvgIpc) is 2.33. The van der Waals surface area contributed by atoms with Gasteiger partial charge in [-0.05, 0) is 34.1 Å². The van der Waals surface area contributed by atoms with Crippen LogP contribution in [0.2, 0.25) is 0 Å². The predicted octanol–water partition coefficient (Wildman–Crippen LogP) is 3.49. The number of hydrogen-bond acceptors (Lipinski definition) is 4. The van der Waals surface area contributed by atoms with E-state index in [9.17, 15) is 4.79 Å². The number of aromatic carboxylic acids is 1. The molecule has 0 aliphatic heterocycles. The van der Waals surface area contributed by atoms with Crippen LogP contribution in [-0.4, -0.2) is 21.0 Å². The van der Waals surface area contributed by atoms with Gasteiger partial charge in [0.25, 0.3) is 0 Å². The van der Waals surface area contributed by atoms with Gasteiger partial charge in [0.2, 0.25) is 5.88 Å². The zero-order chi connectivity index (χ0) is 13.1. The molecule has 0 saturated carbocycles. The second-order valence-corrected chi connectivity index (χ2v) is 4.99. The molecule has 0 unspecified atom stereocenters. The molecule has 2 aromatic rings. The molecule has 0 aliphatic carbocycles. The van der Waals surface area contributed by atoms with Gasteiger partial charge in [0.1, 0.15) is 5.75 Å². The third-order valence-corrected chi connectivity index (χ3v) is 3.07. The first kappa shape index (κ1) is 13.0. The topological polar surface area (TPSA) is 72.3 Å². The van der Waals surface area contributed by atoms with Gasteiger partial charge in [0, 0.05) is 4.47 Å². The fourth-order valence-corrected chi connectivity index (χ4v) is 2.28. The first-order valence-corrected chi connectivity index (χ1v) is 6.33. The smallest absolute Gasteiger partial charge is 0.356 e. The molecule has 0 aliphatic rings. The predicted molar refractivity (Wildman–Crippen MR) is 70.9 cm³/mol. The molecular weight excluding hydrogens is 368 g/mol. The lowest BCUT2D eigenvalue weighted by Gasteiger charge is -2.06. The van der Waals surface area contributed by atoms with E-state index in [0.29, 0.717) is 5.75 Å². The van der Waals surface area contributed by atoms with Crippen LogP contribution in [0.15, 0.2) is 39.5 Å². The molecule has 0 spiro atoms. The minimum Gasteiger partial charge on any atom is -0.476 e. The standard InChI is InChI=1S/C11H6Br2N2O3/c12-6-1-2-9(7(13)3-6)18-10-5-14-8(4-15-10)11(16)17/h1-5H,(H,16,17). The number of benzene rings is 1. The van der Waals surface area contributed by atoms with Crippen LogP contribution in [0.5, 0.6) is 11.6 Å². The van der Waals surface area contributed by atoms with Gasteiger partial charge in [-0.15, -0.1) is 0 Å². The molecule has 7 heteroatoms. The number of aromatic nitrogens is 2. The van der Waals surface area contributed by atoms with E-state index in [1.807, 2.05) is 12.1 Å². The largest absolute Gasteiger partial charge is 0.476 e. The molecule has 1 aromatic heterocycles. The highest BCUT2D eigenvalue weighted by Crippen LogP contribution is 2.30. The molecule has 0 radical (unpaired) electrons. The van der Waals surface area contributed by atoms with Crippen LogP contribution < -0.4 is 4.74 Å². The molecule has 0 bridgehead atoms. The molecule has 1 N–H and O–H groups in total. The fraction of sp³-hybridized carbons (Fsp3) is 0. The molecular formula is C11H6Br2N2O3. The third kappa shape index (κ3) is 3.05. The molecule has 18 heavy (non-hydrogen) atoms. The average molecular weight is 374 g/mol. The van der Waals surface area contributed by atoms with Crippen molar-refractivity contribution in [1.82, 2.24) is 9.97 Å². The van der Waals surface area contributed by atoms with E-state index in [1.165, 1.54) is 6.20 Å². The molecule has 1 heterocycles. The van der Waals surface area contributed by atoms with Gasteiger partial charge in [-0.25, -0.2) is 14.8 Å². The summed E-state index contributed by atoms with van der Waals surface area (Å²) >= 11 is 6.67. The molecule has 5 nitrogen and oxygen atoms in total. The molecule has 0 atom stereocenters. The van der Waals surface area contributed by atoms with Crippen LogP contribution >= 0.6 is 31.9 Å². The lowest BCUT2D eigenvalue weighted by Crippen LogP contribution is -2.01. The van der Waals surface area contributed by atoms with Gasteiger partial charge in [-0.3, -0.25) is 0 Å². The van der Waals surface area contributed by atoms with Crippen molar-refractivity contribution in [2.24, 2.45) is 0 Å². The number of halogens is 2. The fourth-order valence-electron chi connectivity index (χ4n) is 1.15. The Morgan fingerprint density at radius 3 is 2.56 bits per heavy atom. The first-order chi connectivity index (χ1) is 8.56. The quantitative estimate of drug-likeness (QED) is 0.891. The normalized spacial score (nSPS) is 10.1. The highest BCUT2D eigenvalue weighted by atomic mass is 79.9. The van der Waals surface area contributed by atoms with E-state index < -0.39 is 5.97 Å². The molecule has 2 rings (SSSR count). The monoisotopic (exact) mass is 372 g/mol. The Morgan fingerprint density at radius 2 is 2.00 bits per heavy atom. The maximum absolute atomic E-state index is 10.6. The summed E-state index contributed by atoms with van der Waals surface area (Å²) in [6.45, 7) is 0. The number of carboxylic acid groups (broad SMARTS) is 1. The second kappa shape index (κ2) is 5.45. The lowest BCUT2D eigenvalue weighted by atomic mass is 10.3. The van der Waals surface area contributed by atoms with Crippen molar-refractivity contribution in [1.29, 1.82) is 0 Å². The van der Waals surface area contributed by atoms with Crippen LogP contribution in [0.3, 0.4) is 0 Å². The summed E-state index contributed by atoms with van der Waals surface area (Å²) in [5, 5.41) is 8.68. The van der Waals surface area contributed by atoms with Crippen molar-refractivity contribution < 1.29 is 14.6 Å². The van der Waals surface area contributed by atoms with E-state index in [0.717, 1.165) is 15.1 Å². The number of rotatable bonds is 3. The van der Waals surface area contributed by atoms with Crippen molar-refractivity contribution in [3.63, 3.8) is 0 Å².